The lowest BCUT2D eigenvalue weighted by Gasteiger charge is -2.13. The summed E-state index contributed by atoms with van der Waals surface area (Å²) in [5, 5.41) is 2.94. The Morgan fingerprint density at radius 1 is 0.938 bits per heavy atom. The Bertz CT molecular complexity index is 1130. The smallest absolute Gasteiger partial charge is 0.416 e. The number of carbonyl (C=O) groups excluding carboxylic acids is 2. The molecule has 1 aromatic heterocycles. The molecule has 0 aliphatic rings. The molecular formula is C22H20F3N3O4. The number of ether oxygens (including phenoxy) is 2. The lowest BCUT2D eigenvalue weighted by atomic mass is 10.1. The van der Waals surface area contributed by atoms with E-state index in [0.717, 1.165) is 17.7 Å². The average Bonchev–Trinajstić information content (AvgIpc) is 2.74. The van der Waals surface area contributed by atoms with Crippen LogP contribution in [-0.2, 0) is 26.9 Å². The van der Waals surface area contributed by atoms with Crippen molar-refractivity contribution in [3.8, 4) is 0 Å². The predicted molar refractivity (Wildman–Crippen MR) is 111 cm³/mol. The molecule has 0 unspecified atom stereocenters. The van der Waals surface area contributed by atoms with E-state index in [1.54, 1.807) is 38.1 Å². The molecule has 0 fully saturated rings. The van der Waals surface area contributed by atoms with Gasteiger partial charge in [0, 0.05) is 5.69 Å². The molecule has 32 heavy (non-hydrogen) atoms. The number of anilines is 2. The summed E-state index contributed by atoms with van der Waals surface area (Å²) < 4.78 is 49.0. The van der Waals surface area contributed by atoms with Gasteiger partial charge in [-0.2, -0.15) is 13.2 Å². The normalized spacial score (nSPS) is 11.3. The number of aromatic nitrogens is 2. The van der Waals surface area contributed by atoms with Crippen LogP contribution in [0, 0.1) is 0 Å². The predicted octanol–water partition coefficient (Wildman–Crippen LogP) is 4.67. The fourth-order valence-corrected chi connectivity index (χ4v) is 2.88. The molecule has 0 aliphatic carbocycles. The number of hydrogen-bond donors (Lipinski definition) is 1. The van der Waals surface area contributed by atoms with Crippen molar-refractivity contribution >= 4 is 34.5 Å². The van der Waals surface area contributed by atoms with Gasteiger partial charge >= 0.3 is 18.1 Å². The third-order valence-electron chi connectivity index (χ3n) is 4.33. The van der Waals surface area contributed by atoms with Crippen molar-refractivity contribution in [1.82, 2.24) is 9.97 Å². The molecule has 7 nitrogen and oxygen atoms in total. The first-order valence-electron chi connectivity index (χ1n) is 9.79. The Balaban J connectivity index is 1.94. The van der Waals surface area contributed by atoms with Gasteiger partial charge in [-0.15, -0.1) is 0 Å². The second-order valence-corrected chi connectivity index (χ2v) is 6.65. The third kappa shape index (κ3) is 5.51. The van der Waals surface area contributed by atoms with Crippen LogP contribution in [0.5, 0.6) is 0 Å². The molecule has 1 heterocycles. The van der Waals surface area contributed by atoms with Crippen LogP contribution >= 0.6 is 0 Å². The van der Waals surface area contributed by atoms with Gasteiger partial charge in [0.25, 0.3) is 0 Å². The van der Waals surface area contributed by atoms with Crippen LogP contribution in [0.2, 0.25) is 0 Å². The highest BCUT2D eigenvalue weighted by molar-refractivity contribution is 5.96. The minimum Gasteiger partial charge on any atom is -0.466 e. The molecule has 0 radical (unpaired) electrons. The molecule has 0 amide bonds. The van der Waals surface area contributed by atoms with Crippen LogP contribution in [-0.4, -0.2) is 35.1 Å². The standard InChI is InChI=1S/C22H20F3N3O4/c1-3-31-18(29)11-13-5-8-15(9-6-13)26-20-19(21(30)32-4-2)27-17-12-14(22(23,24)25)7-10-16(17)28-20/h5-10,12H,3-4,11H2,1-2H3,(H,26,28). The molecule has 1 N–H and O–H groups in total. The van der Waals surface area contributed by atoms with Gasteiger partial charge in [0.1, 0.15) is 0 Å². The zero-order chi connectivity index (χ0) is 23.3. The molecular weight excluding hydrogens is 427 g/mol. The van der Waals surface area contributed by atoms with E-state index in [0.29, 0.717) is 12.3 Å². The van der Waals surface area contributed by atoms with E-state index < -0.39 is 17.7 Å². The number of esters is 2. The minimum absolute atomic E-state index is 0.0360. The van der Waals surface area contributed by atoms with E-state index in [9.17, 15) is 22.8 Å². The number of nitrogens with zero attached hydrogens (tertiary/aromatic N) is 2. The first kappa shape index (κ1) is 23.0. The van der Waals surface area contributed by atoms with Gasteiger partial charge in [0.15, 0.2) is 11.5 Å². The van der Waals surface area contributed by atoms with E-state index in [1.165, 1.54) is 6.07 Å². The molecule has 168 valence electrons. The number of nitrogens with one attached hydrogen (secondary N) is 1. The van der Waals surface area contributed by atoms with Gasteiger partial charge in [-0.3, -0.25) is 4.79 Å². The van der Waals surface area contributed by atoms with Crippen LogP contribution < -0.4 is 5.32 Å². The first-order valence-corrected chi connectivity index (χ1v) is 9.79. The molecule has 0 atom stereocenters. The van der Waals surface area contributed by atoms with Gasteiger partial charge in [-0.25, -0.2) is 14.8 Å². The summed E-state index contributed by atoms with van der Waals surface area (Å²) >= 11 is 0. The number of fused-ring (bicyclic) bond motifs is 1. The van der Waals surface area contributed by atoms with Crippen molar-refractivity contribution in [3.05, 3.63) is 59.3 Å². The van der Waals surface area contributed by atoms with Crippen molar-refractivity contribution < 1.29 is 32.2 Å². The Kier molecular flexibility index (Phi) is 6.92. The van der Waals surface area contributed by atoms with E-state index in [4.69, 9.17) is 9.47 Å². The number of rotatable bonds is 7. The maximum absolute atomic E-state index is 13.0. The SMILES string of the molecule is CCOC(=O)Cc1ccc(Nc2nc3ccc(C(F)(F)F)cc3nc2C(=O)OCC)cc1. The summed E-state index contributed by atoms with van der Waals surface area (Å²) in [6.07, 6.45) is -4.44. The second-order valence-electron chi connectivity index (χ2n) is 6.65. The fraction of sp³-hybridized carbons (Fsp3) is 0.273. The van der Waals surface area contributed by atoms with Gasteiger partial charge in [0.05, 0.1) is 36.2 Å². The molecule has 0 saturated heterocycles. The summed E-state index contributed by atoms with van der Waals surface area (Å²) in [6, 6.07) is 9.66. The molecule has 0 spiro atoms. The van der Waals surface area contributed by atoms with E-state index in [1.807, 2.05) is 0 Å². The van der Waals surface area contributed by atoms with Gasteiger partial charge < -0.3 is 14.8 Å². The van der Waals surface area contributed by atoms with Crippen molar-refractivity contribution in [2.75, 3.05) is 18.5 Å². The lowest BCUT2D eigenvalue weighted by molar-refractivity contribution is -0.142. The van der Waals surface area contributed by atoms with E-state index in [2.05, 4.69) is 15.3 Å². The van der Waals surface area contributed by atoms with Crippen LogP contribution in [0.25, 0.3) is 11.0 Å². The number of hydrogen-bond acceptors (Lipinski definition) is 7. The average molecular weight is 447 g/mol. The van der Waals surface area contributed by atoms with Crippen LogP contribution in [0.1, 0.15) is 35.5 Å². The van der Waals surface area contributed by atoms with Crippen molar-refractivity contribution in [3.63, 3.8) is 0 Å². The number of alkyl halides is 3. The van der Waals surface area contributed by atoms with Crippen molar-refractivity contribution in [1.29, 1.82) is 0 Å². The molecule has 3 aromatic rings. The Morgan fingerprint density at radius 3 is 2.25 bits per heavy atom. The van der Waals surface area contributed by atoms with Gasteiger partial charge in [0.2, 0.25) is 0 Å². The van der Waals surface area contributed by atoms with E-state index in [-0.39, 0.29) is 41.5 Å². The Hall–Kier alpha value is -3.69. The highest BCUT2D eigenvalue weighted by Crippen LogP contribution is 2.31. The number of halogens is 3. The third-order valence-corrected chi connectivity index (χ3v) is 4.33. The summed E-state index contributed by atoms with van der Waals surface area (Å²) in [5.41, 5.74) is 0.208. The molecule has 0 bridgehead atoms. The topological polar surface area (TPSA) is 90.4 Å². The fourth-order valence-electron chi connectivity index (χ4n) is 2.88. The van der Waals surface area contributed by atoms with Crippen LogP contribution in [0.15, 0.2) is 42.5 Å². The molecule has 0 aliphatic heterocycles. The molecule has 2 aromatic carbocycles. The summed E-state index contributed by atoms with van der Waals surface area (Å²) in [6.45, 7) is 3.67. The Labute approximate surface area is 181 Å². The number of benzene rings is 2. The lowest BCUT2D eigenvalue weighted by Crippen LogP contribution is -2.13. The maximum Gasteiger partial charge on any atom is 0.416 e. The van der Waals surface area contributed by atoms with Gasteiger partial charge in [-0.1, -0.05) is 12.1 Å². The van der Waals surface area contributed by atoms with Crippen molar-refractivity contribution in [2.45, 2.75) is 26.4 Å². The van der Waals surface area contributed by atoms with Crippen LogP contribution in [0.3, 0.4) is 0 Å². The summed E-state index contributed by atoms with van der Waals surface area (Å²) in [5.74, 6) is -1.13. The Morgan fingerprint density at radius 2 is 1.62 bits per heavy atom. The van der Waals surface area contributed by atoms with Gasteiger partial charge in [-0.05, 0) is 49.7 Å². The highest BCUT2D eigenvalue weighted by Gasteiger charge is 2.31. The quantitative estimate of drug-likeness (QED) is 0.526. The summed E-state index contributed by atoms with van der Waals surface area (Å²) in [4.78, 5) is 32.3. The largest absolute Gasteiger partial charge is 0.466 e. The minimum atomic E-state index is -4.55. The van der Waals surface area contributed by atoms with E-state index >= 15 is 0 Å². The summed E-state index contributed by atoms with van der Waals surface area (Å²) in [7, 11) is 0. The molecule has 3 rings (SSSR count). The van der Waals surface area contributed by atoms with Crippen molar-refractivity contribution in [2.24, 2.45) is 0 Å². The zero-order valence-electron chi connectivity index (χ0n) is 17.3. The number of carbonyl (C=O) groups is 2. The second kappa shape index (κ2) is 9.63. The highest BCUT2D eigenvalue weighted by atomic mass is 19.4. The zero-order valence-corrected chi connectivity index (χ0v) is 17.3. The maximum atomic E-state index is 13.0. The van der Waals surface area contributed by atoms with Crippen LogP contribution in [0.4, 0.5) is 24.7 Å². The molecule has 10 heteroatoms. The molecule has 0 saturated carbocycles. The monoisotopic (exact) mass is 447 g/mol. The first-order chi connectivity index (χ1) is 15.2.